The van der Waals surface area contributed by atoms with Crippen LogP contribution in [0.4, 0.5) is 11.5 Å². The van der Waals surface area contributed by atoms with Gasteiger partial charge in [-0.3, -0.25) is 0 Å². The lowest BCUT2D eigenvalue weighted by atomic mass is 10.1. The zero-order chi connectivity index (χ0) is 15.4. The molecule has 3 rings (SSSR count). The summed E-state index contributed by atoms with van der Waals surface area (Å²) in [7, 11) is 0. The third-order valence-electron chi connectivity index (χ3n) is 3.45. The highest BCUT2D eigenvalue weighted by atomic mass is 15.0. The van der Waals surface area contributed by atoms with E-state index >= 15 is 0 Å². The van der Waals surface area contributed by atoms with Crippen LogP contribution < -0.4 is 5.32 Å². The maximum absolute atomic E-state index is 4.79. The zero-order valence-corrected chi connectivity index (χ0v) is 13.0. The predicted octanol–water partition coefficient (Wildman–Crippen LogP) is 5.65. The quantitative estimate of drug-likeness (QED) is 0.671. The van der Waals surface area contributed by atoms with Crippen LogP contribution in [-0.4, -0.2) is 4.98 Å². The second-order valence-electron chi connectivity index (χ2n) is 5.71. The SMILES string of the molecule is CC(C)/C=C\c1cc2ccccc2nc1Nc1ccccc1. The van der Waals surface area contributed by atoms with Gasteiger partial charge in [0.05, 0.1) is 5.52 Å². The molecule has 2 nitrogen and oxygen atoms in total. The predicted molar refractivity (Wildman–Crippen MR) is 95.3 cm³/mol. The van der Waals surface area contributed by atoms with Gasteiger partial charge in [-0.2, -0.15) is 0 Å². The van der Waals surface area contributed by atoms with Gasteiger partial charge in [-0.1, -0.05) is 62.4 Å². The number of rotatable bonds is 4. The van der Waals surface area contributed by atoms with E-state index in [1.165, 1.54) is 0 Å². The Balaban J connectivity index is 2.06. The normalized spacial score (nSPS) is 11.4. The average Bonchev–Trinajstić information content (AvgIpc) is 2.53. The maximum atomic E-state index is 4.79. The Morgan fingerprint density at radius 1 is 0.955 bits per heavy atom. The van der Waals surface area contributed by atoms with E-state index in [1.807, 2.05) is 48.5 Å². The van der Waals surface area contributed by atoms with Gasteiger partial charge in [-0.25, -0.2) is 4.98 Å². The molecule has 0 fully saturated rings. The van der Waals surface area contributed by atoms with Crippen molar-refractivity contribution in [1.29, 1.82) is 0 Å². The molecule has 0 saturated heterocycles. The van der Waals surface area contributed by atoms with Gasteiger partial charge in [-0.15, -0.1) is 0 Å². The highest BCUT2D eigenvalue weighted by Crippen LogP contribution is 2.25. The third-order valence-corrected chi connectivity index (χ3v) is 3.45. The molecule has 0 saturated carbocycles. The van der Waals surface area contributed by atoms with Crippen molar-refractivity contribution in [3.63, 3.8) is 0 Å². The van der Waals surface area contributed by atoms with Gasteiger partial charge in [0.15, 0.2) is 0 Å². The van der Waals surface area contributed by atoms with Crippen LogP contribution in [0.15, 0.2) is 66.7 Å². The number of para-hydroxylation sites is 2. The van der Waals surface area contributed by atoms with Gasteiger partial charge in [0.2, 0.25) is 0 Å². The van der Waals surface area contributed by atoms with Crippen molar-refractivity contribution in [3.8, 4) is 0 Å². The molecule has 0 radical (unpaired) electrons. The van der Waals surface area contributed by atoms with E-state index in [0.717, 1.165) is 28.0 Å². The standard InChI is InChI=1S/C20H20N2/c1-15(2)12-13-17-14-16-8-6-7-11-19(16)22-20(17)21-18-9-4-3-5-10-18/h3-15H,1-2H3,(H,21,22)/b13-12-. The van der Waals surface area contributed by atoms with E-state index in [0.29, 0.717) is 5.92 Å². The summed E-state index contributed by atoms with van der Waals surface area (Å²) < 4.78 is 0. The van der Waals surface area contributed by atoms with Crippen molar-refractivity contribution in [2.45, 2.75) is 13.8 Å². The molecule has 0 aliphatic heterocycles. The Bertz CT molecular complexity index is 789. The molecular formula is C20H20N2. The number of nitrogens with zero attached hydrogens (tertiary/aromatic N) is 1. The van der Waals surface area contributed by atoms with Gasteiger partial charge in [0.25, 0.3) is 0 Å². The van der Waals surface area contributed by atoms with Crippen molar-refractivity contribution in [3.05, 3.63) is 72.3 Å². The zero-order valence-electron chi connectivity index (χ0n) is 13.0. The molecule has 0 amide bonds. The molecule has 1 heterocycles. The Hall–Kier alpha value is -2.61. The fraction of sp³-hybridized carbons (Fsp3) is 0.150. The van der Waals surface area contributed by atoms with Crippen molar-refractivity contribution in [2.24, 2.45) is 5.92 Å². The van der Waals surface area contributed by atoms with E-state index in [1.54, 1.807) is 0 Å². The lowest BCUT2D eigenvalue weighted by Gasteiger charge is -2.11. The minimum absolute atomic E-state index is 0.510. The Labute approximate surface area is 131 Å². The van der Waals surface area contributed by atoms with E-state index in [4.69, 9.17) is 4.98 Å². The average molecular weight is 288 g/mol. The monoisotopic (exact) mass is 288 g/mol. The summed E-state index contributed by atoms with van der Waals surface area (Å²) in [6, 6.07) is 20.5. The molecule has 0 spiro atoms. The summed E-state index contributed by atoms with van der Waals surface area (Å²) in [4.78, 5) is 4.79. The van der Waals surface area contributed by atoms with Crippen LogP contribution in [0, 0.1) is 5.92 Å². The third kappa shape index (κ3) is 3.34. The lowest BCUT2D eigenvalue weighted by molar-refractivity contribution is 0.836. The van der Waals surface area contributed by atoms with Crippen molar-refractivity contribution in [1.82, 2.24) is 4.98 Å². The number of anilines is 2. The van der Waals surface area contributed by atoms with Crippen LogP contribution in [0.2, 0.25) is 0 Å². The first-order valence-corrected chi connectivity index (χ1v) is 7.62. The van der Waals surface area contributed by atoms with E-state index in [-0.39, 0.29) is 0 Å². The second-order valence-corrected chi connectivity index (χ2v) is 5.71. The largest absolute Gasteiger partial charge is 0.340 e. The summed E-state index contributed by atoms with van der Waals surface area (Å²) in [5.41, 5.74) is 3.16. The van der Waals surface area contributed by atoms with Gasteiger partial charge in [0.1, 0.15) is 5.82 Å². The van der Waals surface area contributed by atoms with Gasteiger partial charge in [-0.05, 0) is 30.2 Å². The molecule has 0 aliphatic rings. The maximum Gasteiger partial charge on any atom is 0.138 e. The number of hydrogen-bond acceptors (Lipinski definition) is 2. The van der Waals surface area contributed by atoms with Crippen LogP contribution in [0.1, 0.15) is 19.4 Å². The molecule has 0 atom stereocenters. The highest BCUT2D eigenvalue weighted by Gasteiger charge is 2.05. The topological polar surface area (TPSA) is 24.9 Å². The van der Waals surface area contributed by atoms with Crippen LogP contribution in [0.5, 0.6) is 0 Å². The minimum atomic E-state index is 0.510. The first-order valence-electron chi connectivity index (χ1n) is 7.62. The number of benzene rings is 2. The van der Waals surface area contributed by atoms with Crippen LogP contribution in [-0.2, 0) is 0 Å². The Morgan fingerprint density at radius 2 is 1.68 bits per heavy atom. The number of fused-ring (bicyclic) bond motifs is 1. The highest BCUT2D eigenvalue weighted by molar-refractivity contribution is 5.85. The number of allylic oxidation sites excluding steroid dienone is 1. The smallest absolute Gasteiger partial charge is 0.138 e. The number of pyridine rings is 1. The first kappa shape index (κ1) is 14.3. The first-order chi connectivity index (χ1) is 10.7. The number of hydrogen-bond donors (Lipinski definition) is 1. The van der Waals surface area contributed by atoms with Gasteiger partial charge >= 0.3 is 0 Å². The van der Waals surface area contributed by atoms with Crippen LogP contribution in [0.25, 0.3) is 17.0 Å². The van der Waals surface area contributed by atoms with E-state index in [2.05, 4.69) is 43.4 Å². The molecule has 110 valence electrons. The second kappa shape index (κ2) is 6.44. The summed E-state index contributed by atoms with van der Waals surface area (Å²) >= 11 is 0. The summed E-state index contributed by atoms with van der Waals surface area (Å²) in [6.07, 6.45) is 4.34. The molecule has 1 aromatic heterocycles. The van der Waals surface area contributed by atoms with Gasteiger partial charge < -0.3 is 5.32 Å². The van der Waals surface area contributed by atoms with Crippen molar-refractivity contribution < 1.29 is 0 Å². The molecule has 2 heteroatoms. The van der Waals surface area contributed by atoms with Gasteiger partial charge in [0, 0.05) is 16.6 Å². The van der Waals surface area contributed by atoms with E-state index in [9.17, 15) is 0 Å². The van der Waals surface area contributed by atoms with E-state index < -0.39 is 0 Å². The van der Waals surface area contributed by atoms with Crippen molar-refractivity contribution >= 4 is 28.5 Å². The van der Waals surface area contributed by atoms with Crippen LogP contribution >= 0.6 is 0 Å². The lowest BCUT2D eigenvalue weighted by Crippen LogP contribution is -1.97. The molecule has 0 unspecified atom stereocenters. The minimum Gasteiger partial charge on any atom is -0.340 e. The fourth-order valence-corrected chi connectivity index (χ4v) is 2.31. The summed E-state index contributed by atoms with van der Waals surface area (Å²) in [6.45, 7) is 4.35. The molecule has 0 bridgehead atoms. The molecule has 22 heavy (non-hydrogen) atoms. The summed E-state index contributed by atoms with van der Waals surface area (Å²) in [5, 5.41) is 4.58. The summed E-state index contributed by atoms with van der Waals surface area (Å²) in [5.74, 6) is 1.40. The molecule has 3 aromatic rings. The van der Waals surface area contributed by atoms with Crippen molar-refractivity contribution in [2.75, 3.05) is 5.32 Å². The fourth-order valence-electron chi connectivity index (χ4n) is 2.31. The molecule has 2 aromatic carbocycles. The Kier molecular flexibility index (Phi) is 4.19. The number of aromatic nitrogens is 1. The number of nitrogens with one attached hydrogen (secondary N) is 1. The Morgan fingerprint density at radius 3 is 2.45 bits per heavy atom. The molecule has 0 aliphatic carbocycles. The van der Waals surface area contributed by atoms with Crippen LogP contribution in [0.3, 0.4) is 0 Å². The molecular weight excluding hydrogens is 268 g/mol. The molecule has 1 N–H and O–H groups in total.